The normalized spacial score (nSPS) is 27.0. The number of rotatable bonds is 4. The number of alkyl halides is 3. The van der Waals surface area contributed by atoms with E-state index < -0.39 is 47.8 Å². The fourth-order valence-corrected chi connectivity index (χ4v) is 4.70. The second-order valence-corrected chi connectivity index (χ2v) is 8.45. The first-order valence-electron chi connectivity index (χ1n) is 10.5. The fourth-order valence-electron chi connectivity index (χ4n) is 4.70. The Morgan fingerprint density at radius 1 is 1.06 bits per heavy atom. The molecule has 1 aromatic rings. The molecule has 0 bridgehead atoms. The summed E-state index contributed by atoms with van der Waals surface area (Å²) < 4.78 is 39.3. The Hall–Kier alpha value is -2.79. The molecule has 1 aromatic carbocycles. The van der Waals surface area contributed by atoms with Crippen molar-refractivity contribution in [2.24, 2.45) is 11.7 Å². The monoisotopic (exact) mass is 452 g/mol. The van der Waals surface area contributed by atoms with Gasteiger partial charge in [-0.05, 0) is 43.5 Å². The molecule has 0 aromatic heterocycles. The van der Waals surface area contributed by atoms with Crippen LogP contribution in [0.5, 0.6) is 0 Å². The van der Waals surface area contributed by atoms with Crippen LogP contribution in [-0.2, 0) is 16.1 Å². The van der Waals surface area contributed by atoms with Gasteiger partial charge in [0.25, 0.3) is 11.8 Å². The summed E-state index contributed by atoms with van der Waals surface area (Å²) in [5.41, 5.74) is 6.70. The highest BCUT2D eigenvalue weighted by molar-refractivity contribution is 6.23. The summed E-state index contributed by atoms with van der Waals surface area (Å²) in [7, 11) is 0. The molecule has 3 atom stereocenters. The van der Waals surface area contributed by atoms with Crippen LogP contribution in [0.25, 0.3) is 0 Å². The minimum atomic E-state index is -4.25. The Bertz CT molecular complexity index is 980. The maximum absolute atomic E-state index is 13.1. The molecule has 0 aliphatic carbocycles. The summed E-state index contributed by atoms with van der Waals surface area (Å²) in [5, 5.41) is 2.14. The van der Waals surface area contributed by atoms with Gasteiger partial charge in [0.05, 0.1) is 17.0 Å². The minimum Gasteiger partial charge on any atom is -0.329 e. The molecule has 8 nitrogen and oxygen atoms in total. The molecule has 4 amide bonds. The van der Waals surface area contributed by atoms with Crippen molar-refractivity contribution < 1.29 is 32.3 Å². The number of carbonyl (C=O) groups is 4. The Morgan fingerprint density at radius 3 is 2.44 bits per heavy atom. The van der Waals surface area contributed by atoms with Gasteiger partial charge in [-0.25, -0.2) is 0 Å². The highest BCUT2D eigenvalue weighted by Crippen LogP contribution is 2.37. The van der Waals surface area contributed by atoms with Gasteiger partial charge in [-0.2, -0.15) is 13.2 Å². The number of benzene rings is 1. The summed E-state index contributed by atoms with van der Waals surface area (Å²) in [5.74, 6) is -3.74. The van der Waals surface area contributed by atoms with E-state index in [4.69, 9.17) is 5.73 Å². The number of hydrogen-bond acceptors (Lipinski definition) is 6. The first-order chi connectivity index (χ1) is 15.1. The molecule has 0 radical (unpaired) electrons. The van der Waals surface area contributed by atoms with Crippen molar-refractivity contribution in [3.63, 3.8) is 0 Å². The van der Waals surface area contributed by atoms with Crippen molar-refractivity contribution in [3.8, 4) is 0 Å². The van der Waals surface area contributed by atoms with Gasteiger partial charge in [0.15, 0.2) is 0 Å². The molecular weight excluding hydrogens is 429 g/mol. The maximum Gasteiger partial charge on any atom is 0.391 e. The average molecular weight is 452 g/mol. The molecule has 3 N–H and O–H groups in total. The Labute approximate surface area is 181 Å². The highest BCUT2D eigenvalue weighted by Gasteiger charge is 2.46. The van der Waals surface area contributed by atoms with E-state index in [0.717, 1.165) is 4.90 Å². The summed E-state index contributed by atoms with van der Waals surface area (Å²) in [6.07, 6.45) is -4.25. The number of nitrogens with one attached hydrogen (secondary N) is 1. The van der Waals surface area contributed by atoms with E-state index in [9.17, 15) is 32.3 Å². The van der Waals surface area contributed by atoms with Gasteiger partial charge in [0.2, 0.25) is 11.8 Å². The van der Waals surface area contributed by atoms with Crippen LogP contribution < -0.4 is 11.1 Å². The molecule has 1 unspecified atom stereocenters. The van der Waals surface area contributed by atoms with Crippen molar-refractivity contribution in [1.29, 1.82) is 0 Å². The molecule has 172 valence electrons. The van der Waals surface area contributed by atoms with Crippen molar-refractivity contribution in [2.45, 2.75) is 50.5 Å². The lowest BCUT2D eigenvalue weighted by molar-refractivity contribution is -0.189. The van der Waals surface area contributed by atoms with Crippen molar-refractivity contribution in [2.75, 3.05) is 13.1 Å². The number of hydrogen-bond donors (Lipinski definition) is 2. The molecule has 0 saturated carbocycles. The number of amides is 4. The van der Waals surface area contributed by atoms with Gasteiger partial charge in [0.1, 0.15) is 6.04 Å². The van der Waals surface area contributed by atoms with E-state index in [0.29, 0.717) is 12.1 Å². The smallest absolute Gasteiger partial charge is 0.329 e. The van der Waals surface area contributed by atoms with Gasteiger partial charge >= 0.3 is 6.18 Å². The van der Waals surface area contributed by atoms with E-state index in [1.807, 2.05) is 4.90 Å². The lowest BCUT2D eigenvalue weighted by Crippen LogP contribution is -2.54. The van der Waals surface area contributed by atoms with Gasteiger partial charge in [0, 0.05) is 25.6 Å². The summed E-state index contributed by atoms with van der Waals surface area (Å²) >= 11 is 0. The van der Waals surface area contributed by atoms with Crippen molar-refractivity contribution in [3.05, 3.63) is 34.9 Å². The zero-order valence-corrected chi connectivity index (χ0v) is 17.2. The lowest BCUT2D eigenvalue weighted by atomic mass is 9.89. The molecule has 2 fully saturated rings. The van der Waals surface area contributed by atoms with E-state index in [2.05, 4.69) is 5.32 Å². The zero-order chi connectivity index (χ0) is 23.2. The molecule has 32 heavy (non-hydrogen) atoms. The number of halogens is 3. The first kappa shape index (κ1) is 22.4. The average Bonchev–Trinajstić information content (AvgIpc) is 2.98. The van der Waals surface area contributed by atoms with E-state index in [1.165, 1.54) is 6.07 Å². The van der Waals surface area contributed by atoms with Gasteiger partial charge < -0.3 is 5.73 Å². The third-order valence-corrected chi connectivity index (χ3v) is 6.46. The third kappa shape index (κ3) is 4.02. The zero-order valence-electron chi connectivity index (χ0n) is 17.2. The van der Waals surface area contributed by atoms with Gasteiger partial charge in [-0.1, -0.05) is 6.07 Å². The highest BCUT2D eigenvalue weighted by atomic mass is 19.4. The second kappa shape index (κ2) is 8.28. The molecular formula is C21H23F3N4O4. The Kier molecular flexibility index (Phi) is 5.80. The summed E-state index contributed by atoms with van der Waals surface area (Å²) in [4.78, 5) is 52.0. The Balaban J connectivity index is 1.51. The number of fused-ring (bicyclic) bond motifs is 1. The quantitative estimate of drug-likeness (QED) is 0.664. The molecule has 3 heterocycles. The van der Waals surface area contributed by atoms with Gasteiger partial charge in [-0.3, -0.25) is 34.3 Å². The number of nitrogens with two attached hydrogens (primary N) is 1. The fraction of sp³-hybridized carbons (Fsp3) is 0.524. The number of nitrogens with zero attached hydrogens (tertiary/aromatic N) is 2. The lowest BCUT2D eigenvalue weighted by Gasteiger charge is -2.39. The first-order valence-corrected chi connectivity index (χ1v) is 10.5. The number of carbonyl (C=O) groups excluding carboxylic acids is 4. The molecule has 2 saturated heterocycles. The van der Waals surface area contributed by atoms with E-state index in [-0.39, 0.29) is 49.9 Å². The molecule has 3 aliphatic rings. The van der Waals surface area contributed by atoms with Gasteiger partial charge in [-0.15, -0.1) is 0 Å². The number of piperidine rings is 2. The SMILES string of the molecule is NC[C@@H]1C[C@H](C(F)(F)F)CCN1Cc1ccc2c(c1)C(=O)N(C1CCC(=O)NC1=O)C2=O. The predicted molar refractivity (Wildman–Crippen MR) is 105 cm³/mol. The van der Waals surface area contributed by atoms with Crippen LogP contribution in [0.4, 0.5) is 13.2 Å². The number of likely N-dealkylation sites (tertiary alicyclic amines) is 1. The Morgan fingerprint density at radius 2 is 1.78 bits per heavy atom. The maximum atomic E-state index is 13.1. The van der Waals surface area contributed by atoms with Crippen LogP contribution in [0.15, 0.2) is 18.2 Å². The molecule has 4 rings (SSSR count). The third-order valence-electron chi connectivity index (χ3n) is 6.46. The van der Waals surface area contributed by atoms with E-state index >= 15 is 0 Å². The topological polar surface area (TPSA) is 113 Å². The summed E-state index contributed by atoms with van der Waals surface area (Å²) in [6.45, 7) is 0.593. The predicted octanol–water partition coefficient (Wildman–Crippen LogP) is 1.19. The van der Waals surface area contributed by atoms with E-state index in [1.54, 1.807) is 12.1 Å². The largest absolute Gasteiger partial charge is 0.391 e. The van der Waals surface area contributed by atoms with Crippen LogP contribution in [0, 0.1) is 5.92 Å². The molecule has 11 heteroatoms. The van der Waals surface area contributed by atoms with Crippen LogP contribution in [0.2, 0.25) is 0 Å². The molecule has 0 spiro atoms. The summed E-state index contributed by atoms with van der Waals surface area (Å²) in [6, 6.07) is 3.20. The van der Waals surface area contributed by atoms with Crippen molar-refractivity contribution in [1.82, 2.24) is 15.1 Å². The molecule has 3 aliphatic heterocycles. The van der Waals surface area contributed by atoms with Crippen LogP contribution >= 0.6 is 0 Å². The van der Waals surface area contributed by atoms with Crippen LogP contribution in [0.3, 0.4) is 0 Å². The van der Waals surface area contributed by atoms with Crippen molar-refractivity contribution >= 4 is 23.6 Å². The minimum absolute atomic E-state index is 0.0222. The second-order valence-electron chi connectivity index (χ2n) is 8.45. The standard InChI is InChI=1S/C21H23F3N4O4/c22-21(23,24)12-5-6-27(13(8-12)9-25)10-11-1-2-14-15(7-11)20(32)28(19(14)31)16-3-4-17(29)26-18(16)30/h1-2,7,12-13,16H,3-6,8-10,25H2,(H,26,29,30)/t12-,13+,16?/m1/s1. The van der Waals surface area contributed by atoms with Crippen LogP contribution in [0.1, 0.15) is 52.0 Å². The van der Waals surface area contributed by atoms with Crippen LogP contribution in [-0.4, -0.2) is 64.8 Å². The number of imide groups is 2.